The molecule has 1 aliphatic heterocycles. The second-order valence-corrected chi connectivity index (χ2v) is 10.1. The molecule has 2 aromatic carbocycles. The predicted octanol–water partition coefficient (Wildman–Crippen LogP) is 4.01. The van der Waals surface area contributed by atoms with Gasteiger partial charge in [0.05, 0.1) is 15.5 Å². The minimum atomic E-state index is -3.88. The second-order valence-electron chi connectivity index (χ2n) is 7.36. The van der Waals surface area contributed by atoms with Crippen molar-refractivity contribution in [2.24, 2.45) is 5.92 Å². The zero-order valence-electron chi connectivity index (χ0n) is 16.6. The SMILES string of the molecule is Cc1ccc(NC(=O)C2CCN(S(=O)(=O)c3cc([N+](=O)[O-])ccc3C)CC2)c(Br)c1. The monoisotopic (exact) mass is 495 g/mol. The zero-order valence-corrected chi connectivity index (χ0v) is 19.0. The van der Waals surface area contributed by atoms with Crippen LogP contribution in [0.4, 0.5) is 11.4 Å². The molecule has 1 amide bonds. The van der Waals surface area contributed by atoms with Crippen LogP contribution in [0.5, 0.6) is 0 Å². The quantitative estimate of drug-likeness (QED) is 0.497. The Morgan fingerprint density at radius 2 is 1.83 bits per heavy atom. The number of piperidine rings is 1. The number of nitrogens with zero attached hydrogens (tertiary/aromatic N) is 2. The number of benzene rings is 2. The smallest absolute Gasteiger partial charge is 0.270 e. The van der Waals surface area contributed by atoms with Crippen molar-refractivity contribution in [3.63, 3.8) is 0 Å². The maximum atomic E-state index is 13.0. The van der Waals surface area contributed by atoms with E-state index in [2.05, 4.69) is 21.2 Å². The van der Waals surface area contributed by atoms with Gasteiger partial charge in [0.1, 0.15) is 0 Å². The molecule has 1 aliphatic rings. The Bertz CT molecular complexity index is 1100. The number of hydrogen-bond donors (Lipinski definition) is 1. The second kappa shape index (κ2) is 8.83. The molecule has 3 rings (SSSR count). The van der Waals surface area contributed by atoms with Gasteiger partial charge in [-0.05, 0) is 65.9 Å². The summed E-state index contributed by atoms with van der Waals surface area (Å²) in [5.74, 6) is -0.459. The van der Waals surface area contributed by atoms with E-state index in [9.17, 15) is 23.3 Å². The summed E-state index contributed by atoms with van der Waals surface area (Å²) in [7, 11) is -3.88. The molecule has 0 aromatic heterocycles. The van der Waals surface area contributed by atoms with E-state index in [1.165, 1.54) is 16.4 Å². The lowest BCUT2D eigenvalue weighted by atomic mass is 9.97. The molecule has 0 bridgehead atoms. The normalized spacial score (nSPS) is 15.7. The van der Waals surface area contributed by atoms with Gasteiger partial charge in [-0.25, -0.2) is 8.42 Å². The van der Waals surface area contributed by atoms with Crippen molar-refractivity contribution in [2.75, 3.05) is 18.4 Å². The first-order valence-corrected chi connectivity index (χ1v) is 11.6. The summed E-state index contributed by atoms with van der Waals surface area (Å²) >= 11 is 3.43. The average Bonchev–Trinajstić information content (AvgIpc) is 2.70. The number of carbonyl (C=O) groups is 1. The van der Waals surface area contributed by atoms with Crippen molar-refractivity contribution in [3.8, 4) is 0 Å². The van der Waals surface area contributed by atoms with Crippen LogP contribution < -0.4 is 5.32 Å². The molecule has 1 N–H and O–H groups in total. The molecule has 0 radical (unpaired) electrons. The van der Waals surface area contributed by atoms with Gasteiger partial charge in [0.2, 0.25) is 15.9 Å². The number of nitrogens with one attached hydrogen (secondary N) is 1. The van der Waals surface area contributed by atoms with Gasteiger partial charge in [-0.1, -0.05) is 12.1 Å². The van der Waals surface area contributed by atoms with Gasteiger partial charge in [0, 0.05) is 35.6 Å². The molecule has 0 atom stereocenters. The average molecular weight is 496 g/mol. The van der Waals surface area contributed by atoms with Crippen molar-refractivity contribution >= 4 is 43.2 Å². The molecule has 0 saturated carbocycles. The van der Waals surface area contributed by atoms with Gasteiger partial charge in [-0.2, -0.15) is 4.31 Å². The van der Waals surface area contributed by atoms with E-state index >= 15 is 0 Å². The third kappa shape index (κ3) is 4.71. The lowest BCUT2D eigenvalue weighted by Crippen LogP contribution is -2.41. The minimum Gasteiger partial charge on any atom is -0.325 e. The van der Waals surface area contributed by atoms with E-state index in [0.717, 1.165) is 16.1 Å². The molecule has 1 heterocycles. The molecule has 2 aromatic rings. The van der Waals surface area contributed by atoms with Crippen molar-refractivity contribution in [2.45, 2.75) is 31.6 Å². The summed E-state index contributed by atoms with van der Waals surface area (Å²) in [5.41, 5.74) is 1.92. The van der Waals surface area contributed by atoms with Crippen LogP contribution in [-0.2, 0) is 14.8 Å². The first-order valence-electron chi connectivity index (χ1n) is 9.42. The highest BCUT2D eigenvalue weighted by molar-refractivity contribution is 9.10. The molecule has 160 valence electrons. The Kier molecular flexibility index (Phi) is 6.59. The van der Waals surface area contributed by atoms with Crippen LogP contribution in [0.15, 0.2) is 45.8 Å². The Morgan fingerprint density at radius 1 is 1.17 bits per heavy atom. The van der Waals surface area contributed by atoms with Crippen LogP contribution in [0.1, 0.15) is 24.0 Å². The predicted molar refractivity (Wildman–Crippen MR) is 117 cm³/mol. The Labute approximate surface area is 183 Å². The van der Waals surface area contributed by atoms with E-state index < -0.39 is 14.9 Å². The minimum absolute atomic E-state index is 0.0665. The fourth-order valence-corrected chi connectivity index (χ4v) is 5.74. The van der Waals surface area contributed by atoms with Crippen molar-refractivity contribution < 1.29 is 18.1 Å². The van der Waals surface area contributed by atoms with Crippen LogP contribution in [-0.4, -0.2) is 36.6 Å². The standard InChI is InChI=1S/C20H22BrN3O5S/c1-13-3-6-18(17(21)11-13)22-20(25)15-7-9-23(10-8-15)30(28,29)19-12-16(24(26)27)5-4-14(19)2/h3-6,11-12,15H,7-10H2,1-2H3,(H,22,25). The van der Waals surface area contributed by atoms with E-state index in [4.69, 9.17) is 0 Å². The number of sulfonamides is 1. The van der Waals surface area contributed by atoms with Crippen LogP contribution >= 0.6 is 15.9 Å². The molecule has 1 saturated heterocycles. The summed E-state index contributed by atoms with van der Waals surface area (Å²) in [5, 5.41) is 13.9. The van der Waals surface area contributed by atoms with Gasteiger partial charge >= 0.3 is 0 Å². The summed E-state index contributed by atoms with van der Waals surface area (Å²) in [6.07, 6.45) is 0.755. The Morgan fingerprint density at radius 3 is 2.43 bits per heavy atom. The molecular formula is C20H22BrN3O5S. The first-order chi connectivity index (χ1) is 14.1. The first kappa shape index (κ1) is 22.4. The highest BCUT2D eigenvalue weighted by atomic mass is 79.9. The Hall–Kier alpha value is -2.30. The number of nitro benzene ring substituents is 1. The van der Waals surface area contributed by atoms with Gasteiger partial charge in [-0.15, -0.1) is 0 Å². The number of amides is 1. The lowest BCUT2D eigenvalue weighted by Gasteiger charge is -2.31. The van der Waals surface area contributed by atoms with Gasteiger partial charge < -0.3 is 5.32 Å². The van der Waals surface area contributed by atoms with Crippen molar-refractivity contribution in [1.29, 1.82) is 0 Å². The number of anilines is 1. The number of nitro groups is 1. The molecule has 10 heteroatoms. The lowest BCUT2D eigenvalue weighted by molar-refractivity contribution is -0.385. The van der Waals surface area contributed by atoms with E-state index in [1.807, 2.05) is 25.1 Å². The highest BCUT2D eigenvalue weighted by Gasteiger charge is 2.33. The third-order valence-corrected chi connectivity index (χ3v) is 7.90. The van der Waals surface area contributed by atoms with Gasteiger partial charge in [0.25, 0.3) is 5.69 Å². The molecule has 30 heavy (non-hydrogen) atoms. The summed E-state index contributed by atoms with van der Waals surface area (Å²) in [6.45, 7) is 3.92. The van der Waals surface area contributed by atoms with E-state index in [-0.39, 0.29) is 35.5 Å². The topological polar surface area (TPSA) is 110 Å². The van der Waals surface area contributed by atoms with Crippen molar-refractivity contribution in [1.82, 2.24) is 4.31 Å². The molecular weight excluding hydrogens is 474 g/mol. The van der Waals surface area contributed by atoms with Crippen LogP contribution in [0.3, 0.4) is 0 Å². The fourth-order valence-electron chi connectivity index (χ4n) is 3.43. The molecule has 0 spiro atoms. The molecule has 8 nitrogen and oxygen atoms in total. The van der Waals surface area contributed by atoms with Gasteiger partial charge in [-0.3, -0.25) is 14.9 Å². The molecule has 0 unspecified atom stereocenters. The van der Waals surface area contributed by atoms with Crippen LogP contribution in [0.2, 0.25) is 0 Å². The Balaban J connectivity index is 1.69. The third-order valence-electron chi connectivity index (χ3n) is 5.21. The largest absolute Gasteiger partial charge is 0.325 e. The van der Waals surface area contributed by atoms with Crippen LogP contribution in [0.25, 0.3) is 0 Å². The summed E-state index contributed by atoms with van der Waals surface area (Å²) in [4.78, 5) is 23.0. The van der Waals surface area contributed by atoms with Crippen molar-refractivity contribution in [3.05, 3.63) is 62.1 Å². The number of carbonyl (C=O) groups excluding carboxylic acids is 1. The summed E-state index contributed by atoms with van der Waals surface area (Å²) in [6, 6.07) is 9.45. The molecule has 0 aliphatic carbocycles. The number of non-ortho nitro benzene ring substituents is 1. The number of halogens is 1. The number of hydrogen-bond acceptors (Lipinski definition) is 5. The molecule has 1 fully saturated rings. The highest BCUT2D eigenvalue weighted by Crippen LogP contribution is 2.30. The maximum Gasteiger partial charge on any atom is 0.270 e. The van der Waals surface area contributed by atoms with Gasteiger partial charge in [0.15, 0.2) is 0 Å². The van der Waals surface area contributed by atoms with Crippen LogP contribution in [0, 0.1) is 29.9 Å². The number of rotatable bonds is 5. The summed E-state index contributed by atoms with van der Waals surface area (Å²) < 4.78 is 28.1. The van der Waals surface area contributed by atoms with E-state index in [1.54, 1.807) is 6.92 Å². The zero-order chi connectivity index (χ0) is 22.1. The van der Waals surface area contributed by atoms with E-state index in [0.29, 0.717) is 24.1 Å². The number of aryl methyl sites for hydroxylation is 2. The fraction of sp³-hybridized carbons (Fsp3) is 0.350. The maximum absolute atomic E-state index is 13.0.